The number of carboxylic acids is 1. The molecular formula is C22H25N3O4. The van der Waals surface area contributed by atoms with Crippen molar-refractivity contribution in [2.75, 3.05) is 36.9 Å². The molecule has 0 aromatic heterocycles. The van der Waals surface area contributed by atoms with E-state index in [1.54, 1.807) is 36.2 Å². The van der Waals surface area contributed by atoms with Crippen molar-refractivity contribution < 1.29 is 19.5 Å². The summed E-state index contributed by atoms with van der Waals surface area (Å²) >= 11 is 0. The first-order valence-electron chi connectivity index (χ1n) is 9.59. The van der Waals surface area contributed by atoms with Crippen LogP contribution in [0.1, 0.15) is 39.1 Å². The van der Waals surface area contributed by atoms with E-state index in [1.165, 1.54) is 6.07 Å². The number of carbonyl (C=O) groups is 3. The number of hydrogen-bond acceptors (Lipinski definition) is 4. The van der Waals surface area contributed by atoms with Gasteiger partial charge in [0.25, 0.3) is 5.91 Å². The molecule has 7 heteroatoms. The first-order chi connectivity index (χ1) is 13.8. The van der Waals surface area contributed by atoms with Gasteiger partial charge in [-0.05, 0) is 50.1 Å². The van der Waals surface area contributed by atoms with Gasteiger partial charge in [-0.25, -0.2) is 4.79 Å². The summed E-state index contributed by atoms with van der Waals surface area (Å²) in [6.45, 7) is 3.65. The van der Waals surface area contributed by atoms with Gasteiger partial charge in [0.2, 0.25) is 5.91 Å². The minimum absolute atomic E-state index is 0.0246. The minimum atomic E-state index is -1.15. The number of carbonyl (C=O) groups excluding carboxylic acids is 2. The molecule has 2 aromatic rings. The van der Waals surface area contributed by atoms with Gasteiger partial charge in [0.1, 0.15) is 0 Å². The van der Waals surface area contributed by atoms with Crippen LogP contribution >= 0.6 is 0 Å². The number of likely N-dealkylation sites (N-methyl/N-ethyl adjacent to an activating group) is 1. The number of benzene rings is 2. The first-order valence-corrected chi connectivity index (χ1v) is 9.59. The molecule has 1 fully saturated rings. The number of carboxylic acid groups (broad SMARTS) is 1. The van der Waals surface area contributed by atoms with Gasteiger partial charge < -0.3 is 20.2 Å². The molecule has 0 saturated carbocycles. The molecule has 2 N–H and O–H groups in total. The fourth-order valence-corrected chi connectivity index (χ4v) is 3.32. The van der Waals surface area contributed by atoms with Crippen molar-refractivity contribution >= 4 is 29.2 Å². The normalized spacial score (nSPS) is 13.2. The predicted octanol–water partition coefficient (Wildman–Crippen LogP) is 3.00. The summed E-state index contributed by atoms with van der Waals surface area (Å²) in [4.78, 5) is 40.1. The number of hydrogen-bond donors (Lipinski definition) is 2. The standard InChI is InChI=1S/C22H25N3O4/c1-15-5-7-16(8-6-15)21(27)23-19-10-9-17(13-18(19)22(28)29)24(2)14-20(26)25-11-3-4-12-25/h5-10,13H,3-4,11-12,14H2,1-2H3,(H,23,27)(H,28,29). The van der Waals surface area contributed by atoms with Crippen LogP contribution in [-0.2, 0) is 4.79 Å². The summed E-state index contributed by atoms with van der Waals surface area (Å²) in [7, 11) is 1.75. The Morgan fingerprint density at radius 1 is 1.07 bits per heavy atom. The Balaban J connectivity index is 1.75. The van der Waals surface area contributed by atoms with Crippen molar-refractivity contribution in [1.82, 2.24) is 4.90 Å². The first kappa shape index (κ1) is 20.4. The van der Waals surface area contributed by atoms with Gasteiger partial charge in [0.15, 0.2) is 0 Å². The highest BCUT2D eigenvalue weighted by molar-refractivity contribution is 6.08. The molecule has 152 valence electrons. The van der Waals surface area contributed by atoms with E-state index >= 15 is 0 Å². The number of anilines is 2. The average Bonchev–Trinajstić information content (AvgIpc) is 3.23. The molecular weight excluding hydrogens is 370 g/mol. The quantitative estimate of drug-likeness (QED) is 0.785. The zero-order chi connectivity index (χ0) is 21.0. The third-order valence-electron chi connectivity index (χ3n) is 5.07. The van der Waals surface area contributed by atoms with Gasteiger partial charge in [0, 0.05) is 31.4 Å². The number of aryl methyl sites for hydroxylation is 1. The molecule has 0 aliphatic carbocycles. The monoisotopic (exact) mass is 395 g/mol. The van der Waals surface area contributed by atoms with Crippen LogP contribution in [0.2, 0.25) is 0 Å². The molecule has 7 nitrogen and oxygen atoms in total. The lowest BCUT2D eigenvalue weighted by Gasteiger charge is -2.23. The Labute approximate surface area is 169 Å². The molecule has 2 aromatic carbocycles. The zero-order valence-electron chi connectivity index (χ0n) is 16.6. The molecule has 3 rings (SSSR count). The highest BCUT2D eigenvalue weighted by Crippen LogP contribution is 2.24. The lowest BCUT2D eigenvalue weighted by molar-refractivity contribution is -0.128. The lowest BCUT2D eigenvalue weighted by Crippen LogP contribution is -2.37. The molecule has 0 bridgehead atoms. The van der Waals surface area contributed by atoms with Crippen LogP contribution in [0.15, 0.2) is 42.5 Å². The third-order valence-corrected chi connectivity index (χ3v) is 5.07. The van der Waals surface area contributed by atoms with E-state index in [2.05, 4.69) is 5.32 Å². The fraction of sp³-hybridized carbons (Fsp3) is 0.318. The van der Waals surface area contributed by atoms with Gasteiger partial charge in [-0.2, -0.15) is 0 Å². The van der Waals surface area contributed by atoms with Crippen LogP contribution < -0.4 is 10.2 Å². The van der Waals surface area contributed by atoms with Crippen molar-refractivity contribution in [2.24, 2.45) is 0 Å². The molecule has 1 heterocycles. The second kappa shape index (κ2) is 8.77. The highest BCUT2D eigenvalue weighted by atomic mass is 16.4. The number of nitrogens with zero attached hydrogens (tertiary/aromatic N) is 2. The zero-order valence-corrected chi connectivity index (χ0v) is 16.6. The summed E-state index contributed by atoms with van der Waals surface area (Å²) in [6, 6.07) is 11.8. The Hall–Kier alpha value is -3.35. The van der Waals surface area contributed by atoms with Crippen molar-refractivity contribution in [2.45, 2.75) is 19.8 Å². The molecule has 0 spiro atoms. The lowest BCUT2D eigenvalue weighted by atomic mass is 10.1. The summed E-state index contributed by atoms with van der Waals surface area (Å²) < 4.78 is 0. The maximum absolute atomic E-state index is 12.4. The maximum Gasteiger partial charge on any atom is 0.337 e. The van der Waals surface area contributed by atoms with E-state index < -0.39 is 5.97 Å². The van der Waals surface area contributed by atoms with Gasteiger partial charge in [-0.1, -0.05) is 17.7 Å². The molecule has 2 amide bonds. The van der Waals surface area contributed by atoms with Crippen LogP contribution in [-0.4, -0.2) is 54.5 Å². The molecule has 0 atom stereocenters. The Bertz CT molecular complexity index is 918. The van der Waals surface area contributed by atoms with Gasteiger partial charge in [-0.3, -0.25) is 9.59 Å². The largest absolute Gasteiger partial charge is 0.478 e. The Morgan fingerprint density at radius 3 is 2.34 bits per heavy atom. The number of likely N-dealkylation sites (tertiary alicyclic amines) is 1. The van der Waals surface area contributed by atoms with Crippen molar-refractivity contribution in [3.8, 4) is 0 Å². The number of nitrogens with one attached hydrogen (secondary N) is 1. The van der Waals surface area contributed by atoms with Gasteiger partial charge in [-0.15, -0.1) is 0 Å². The molecule has 29 heavy (non-hydrogen) atoms. The molecule has 0 unspecified atom stereocenters. The van der Waals surface area contributed by atoms with Crippen molar-refractivity contribution in [3.63, 3.8) is 0 Å². The number of amides is 2. The fourth-order valence-electron chi connectivity index (χ4n) is 3.32. The van der Waals surface area contributed by atoms with E-state index in [0.717, 1.165) is 31.5 Å². The van der Waals surface area contributed by atoms with Crippen LogP contribution in [0.3, 0.4) is 0 Å². The second-order valence-corrected chi connectivity index (χ2v) is 7.30. The summed E-state index contributed by atoms with van der Waals surface area (Å²) in [5.74, 6) is -1.50. The minimum Gasteiger partial charge on any atom is -0.478 e. The smallest absolute Gasteiger partial charge is 0.337 e. The highest BCUT2D eigenvalue weighted by Gasteiger charge is 2.21. The molecule has 0 radical (unpaired) electrons. The predicted molar refractivity (Wildman–Crippen MR) is 112 cm³/mol. The Kier molecular flexibility index (Phi) is 6.16. The topological polar surface area (TPSA) is 90.0 Å². The van der Waals surface area contributed by atoms with Gasteiger partial charge in [0.05, 0.1) is 17.8 Å². The summed E-state index contributed by atoms with van der Waals surface area (Å²) in [5.41, 5.74) is 2.27. The van der Waals surface area contributed by atoms with Crippen LogP contribution in [0, 0.1) is 6.92 Å². The molecule has 1 saturated heterocycles. The second-order valence-electron chi connectivity index (χ2n) is 7.30. The van der Waals surface area contributed by atoms with E-state index in [1.807, 2.05) is 24.0 Å². The van der Waals surface area contributed by atoms with E-state index in [9.17, 15) is 19.5 Å². The molecule has 1 aliphatic heterocycles. The Morgan fingerprint density at radius 2 is 1.72 bits per heavy atom. The number of aromatic carboxylic acids is 1. The maximum atomic E-state index is 12.4. The van der Waals surface area contributed by atoms with Gasteiger partial charge >= 0.3 is 5.97 Å². The molecule has 1 aliphatic rings. The van der Waals surface area contributed by atoms with E-state index in [0.29, 0.717) is 11.3 Å². The summed E-state index contributed by atoms with van der Waals surface area (Å²) in [5, 5.41) is 12.3. The van der Waals surface area contributed by atoms with Crippen molar-refractivity contribution in [1.29, 1.82) is 0 Å². The van der Waals surface area contributed by atoms with Crippen molar-refractivity contribution in [3.05, 3.63) is 59.2 Å². The average molecular weight is 395 g/mol. The van der Waals surface area contributed by atoms with Crippen LogP contribution in [0.25, 0.3) is 0 Å². The third kappa shape index (κ3) is 4.93. The SMILES string of the molecule is Cc1ccc(C(=O)Nc2ccc(N(C)CC(=O)N3CCCC3)cc2C(=O)O)cc1. The number of rotatable bonds is 6. The summed E-state index contributed by atoms with van der Waals surface area (Å²) in [6.07, 6.45) is 2.04. The van der Waals surface area contributed by atoms with E-state index in [-0.39, 0.29) is 29.6 Å². The van der Waals surface area contributed by atoms with Crippen LogP contribution in [0.5, 0.6) is 0 Å². The van der Waals surface area contributed by atoms with E-state index in [4.69, 9.17) is 0 Å². The van der Waals surface area contributed by atoms with Crippen LogP contribution in [0.4, 0.5) is 11.4 Å².